The Morgan fingerprint density at radius 2 is 1.79 bits per heavy atom. The van der Waals surface area contributed by atoms with Gasteiger partial charge < -0.3 is 9.80 Å². The van der Waals surface area contributed by atoms with Gasteiger partial charge in [0, 0.05) is 42.6 Å². The number of benzene rings is 2. The van der Waals surface area contributed by atoms with Crippen molar-refractivity contribution in [3.63, 3.8) is 0 Å². The molecule has 5 rings (SSSR count). The van der Waals surface area contributed by atoms with E-state index in [4.69, 9.17) is 0 Å². The highest BCUT2D eigenvalue weighted by atomic mass is 32.3. The van der Waals surface area contributed by atoms with E-state index in [9.17, 15) is 41.9 Å². The first-order valence-electron chi connectivity index (χ1n) is 13.4. The van der Waals surface area contributed by atoms with E-state index >= 15 is 0 Å². The number of anilines is 1. The van der Waals surface area contributed by atoms with Gasteiger partial charge in [0.2, 0.25) is 5.91 Å². The quantitative estimate of drug-likeness (QED) is 0.437. The highest BCUT2D eigenvalue weighted by Gasteiger charge is 2.47. The lowest BCUT2D eigenvalue weighted by Gasteiger charge is -2.46. The molecule has 3 amide bonds. The fourth-order valence-corrected chi connectivity index (χ4v) is 6.82. The molecule has 2 aliphatic heterocycles. The number of allylic oxidation sites excluding steroid dienone is 1. The minimum Gasteiger partial charge on any atom is -0.341 e. The third-order valence-electron chi connectivity index (χ3n) is 7.77. The number of Topliss-reactive ketones (excluding diaryl/α,β-unsaturated/α-hetero) is 1. The molecule has 2 aromatic rings. The van der Waals surface area contributed by atoms with E-state index in [0.29, 0.717) is 19.5 Å². The Labute approximate surface area is 242 Å². The van der Waals surface area contributed by atoms with E-state index < -0.39 is 46.9 Å². The summed E-state index contributed by atoms with van der Waals surface area (Å²) in [5, 5.41) is 9.46. The number of halogens is 3. The van der Waals surface area contributed by atoms with Crippen molar-refractivity contribution in [2.24, 2.45) is 0 Å². The van der Waals surface area contributed by atoms with Crippen molar-refractivity contribution < 1.29 is 36.7 Å². The summed E-state index contributed by atoms with van der Waals surface area (Å²) in [7, 11) is -3.50. The molecule has 0 spiro atoms. The van der Waals surface area contributed by atoms with Crippen LogP contribution in [-0.4, -0.2) is 62.5 Å². The van der Waals surface area contributed by atoms with E-state index in [2.05, 4.69) is 0 Å². The first kappa shape index (κ1) is 29.6. The van der Waals surface area contributed by atoms with Gasteiger partial charge in [-0.05, 0) is 56.0 Å². The molecular weight excluding hydrogens is 573 g/mol. The molecule has 42 heavy (non-hydrogen) atoms. The first-order chi connectivity index (χ1) is 19.8. The summed E-state index contributed by atoms with van der Waals surface area (Å²) in [6.07, 6.45) is -1.32. The Morgan fingerprint density at radius 1 is 1.07 bits per heavy atom. The maximum atomic E-state index is 14.4. The third kappa shape index (κ3) is 5.49. The van der Waals surface area contributed by atoms with Crippen molar-refractivity contribution >= 4 is 34.0 Å². The zero-order chi connectivity index (χ0) is 30.4. The molecule has 1 saturated heterocycles. The number of hydrogen-bond donors (Lipinski definition) is 2. The maximum Gasteiger partial charge on any atom is 0.416 e. The second-order valence-electron chi connectivity index (χ2n) is 10.6. The number of carbonyl (C=O) groups is 3. The van der Waals surface area contributed by atoms with Gasteiger partial charge in [0.1, 0.15) is 6.54 Å². The molecular formula is C29H29F3N4O5S. The maximum absolute atomic E-state index is 14.4. The number of carbonyl (C=O) groups excluding carboxylic acids is 3. The van der Waals surface area contributed by atoms with Gasteiger partial charge in [-0.15, -0.1) is 0 Å². The third-order valence-corrected chi connectivity index (χ3v) is 8.96. The SMILES string of the molecule is CS(O)(O)c1cc(C#N)ccc1C1C2=C(CCCC2=O)N(c2cccc(C(F)(F)F)c2)C(=O)N1CC(=O)N1CCCC1. The zero-order valence-corrected chi connectivity index (χ0v) is 23.5. The van der Waals surface area contributed by atoms with Crippen LogP contribution >= 0.6 is 10.6 Å². The van der Waals surface area contributed by atoms with Crippen LogP contribution in [0.1, 0.15) is 54.8 Å². The topological polar surface area (TPSA) is 125 Å². The van der Waals surface area contributed by atoms with Crippen molar-refractivity contribution in [1.29, 1.82) is 5.26 Å². The molecule has 1 fully saturated rings. The van der Waals surface area contributed by atoms with Gasteiger partial charge in [0.25, 0.3) is 0 Å². The fourth-order valence-electron chi connectivity index (χ4n) is 5.85. The number of nitriles is 1. The molecule has 1 unspecified atom stereocenters. The molecule has 2 heterocycles. The first-order valence-corrected chi connectivity index (χ1v) is 15.4. The number of ketones is 1. The largest absolute Gasteiger partial charge is 0.416 e. The van der Waals surface area contributed by atoms with Crippen LogP contribution in [0.25, 0.3) is 0 Å². The van der Waals surface area contributed by atoms with E-state index in [1.165, 1.54) is 30.3 Å². The van der Waals surface area contributed by atoms with Crippen molar-refractivity contribution in [1.82, 2.24) is 9.80 Å². The van der Waals surface area contributed by atoms with E-state index in [-0.39, 0.29) is 51.6 Å². The summed E-state index contributed by atoms with van der Waals surface area (Å²) >= 11 is 0. The summed E-state index contributed by atoms with van der Waals surface area (Å²) in [5.41, 5.74) is -0.504. The second kappa shape index (κ2) is 11.1. The van der Waals surface area contributed by atoms with Gasteiger partial charge >= 0.3 is 12.2 Å². The van der Waals surface area contributed by atoms with Gasteiger partial charge in [-0.25, -0.2) is 4.79 Å². The van der Waals surface area contributed by atoms with Crippen molar-refractivity contribution in [3.05, 3.63) is 70.4 Å². The number of nitrogens with zero attached hydrogens (tertiary/aromatic N) is 4. The molecule has 2 N–H and O–H groups in total. The van der Waals surface area contributed by atoms with Crippen LogP contribution in [0.15, 0.2) is 58.6 Å². The van der Waals surface area contributed by atoms with Crippen LogP contribution in [0.2, 0.25) is 0 Å². The van der Waals surface area contributed by atoms with Gasteiger partial charge in [-0.2, -0.15) is 29.0 Å². The molecule has 13 heteroatoms. The Kier molecular flexibility index (Phi) is 7.82. The van der Waals surface area contributed by atoms with Crippen LogP contribution in [0, 0.1) is 11.3 Å². The normalized spacial score (nSPS) is 20.1. The van der Waals surface area contributed by atoms with Crippen LogP contribution in [-0.2, 0) is 15.8 Å². The predicted octanol–water partition coefficient (Wildman–Crippen LogP) is 5.93. The summed E-state index contributed by atoms with van der Waals surface area (Å²) in [6.45, 7) is 0.464. The average molecular weight is 603 g/mol. The summed E-state index contributed by atoms with van der Waals surface area (Å²) in [6, 6.07) is 8.25. The van der Waals surface area contributed by atoms with Crippen molar-refractivity contribution in [3.8, 4) is 6.07 Å². The van der Waals surface area contributed by atoms with Gasteiger partial charge in [-0.3, -0.25) is 23.6 Å². The zero-order valence-electron chi connectivity index (χ0n) is 22.7. The lowest BCUT2D eigenvalue weighted by Crippen LogP contribution is -2.55. The molecule has 0 saturated carbocycles. The molecule has 1 atom stereocenters. The number of urea groups is 1. The van der Waals surface area contributed by atoms with Crippen LogP contribution < -0.4 is 4.90 Å². The van der Waals surface area contributed by atoms with Crippen molar-refractivity contribution in [2.45, 2.75) is 49.2 Å². The summed E-state index contributed by atoms with van der Waals surface area (Å²) in [5.74, 6) is -0.771. The lowest BCUT2D eigenvalue weighted by molar-refractivity contribution is -0.137. The average Bonchev–Trinajstić information content (AvgIpc) is 3.48. The highest BCUT2D eigenvalue weighted by Crippen LogP contribution is 2.52. The molecule has 9 nitrogen and oxygen atoms in total. The Morgan fingerprint density at radius 3 is 2.43 bits per heavy atom. The monoisotopic (exact) mass is 602 g/mol. The Bertz CT molecular complexity index is 1520. The Balaban J connectivity index is 1.75. The highest BCUT2D eigenvalue weighted by molar-refractivity contribution is 8.23. The van der Waals surface area contributed by atoms with E-state index in [1.54, 1.807) is 4.90 Å². The standard InChI is InChI=1S/C29H29F3N4O5S/c1-42(40,41)24-14-18(16-33)10-11-21(24)27-26-22(8-5-9-23(26)37)36(20-7-4-6-19(15-20)29(30,31)32)28(39)35(27)17-25(38)34-12-2-3-13-34/h4,6-7,10-11,14-15,27,40-41H,2-3,5,8-9,12-13,17H2,1H3. The molecule has 0 aromatic heterocycles. The van der Waals surface area contributed by atoms with E-state index in [1.807, 2.05) is 6.07 Å². The number of alkyl halides is 3. The minimum atomic E-state index is -4.69. The van der Waals surface area contributed by atoms with Gasteiger partial charge in [0.05, 0.1) is 33.8 Å². The smallest absolute Gasteiger partial charge is 0.341 e. The van der Waals surface area contributed by atoms with Crippen LogP contribution in [0.3, 0.4) is 0 Å². The predicted molar refractivity (Wildman–Crippen MR) is 149 cm³/mol. The van der Waals surface area contributed by atoms with Gasteiger partial charge in [0.15, 0.2) is 5.78 Å². The molecule has 3 aliphatic rings. The van der Waals surface area contributed by atoms with Gasteiger partial charge in [-0.1, -0.05) is 12.1 Å². The molecule has 1 aliphatic carbocycles. The number of rotatable bonds is 5. The molecule has 222 valence electrons. The molecule has 0 radical (unpaired) electrons. The lowest BCUT2D eigenvalue weighted by atomic mass is 9.83. The number of likely N-dealkylation sites (tertiary alicyclic amines) is 1. The summed E-state index contributed by atoms with van der Waals surface area (Å²) < 4.78 is 62.5. The Hall–Kier alpha value is -3.86. The van der Waals surface area contributed by atoms with E-state index in [0.717, 1.165) is 41.0 Å². The fraction of sp³-hybridized carbons (Fsp3) is 0.379. The van der Waals surface area contributed by atoms with Crippen molar-refractivity contribution in [2.75, 3.05) is 30.8 Å². The number of hydrogen-bond acceptors (Lipinski definition) is 6. The molecule has 0 bridgehead atoms. The summed E-state index contributed by atoms with van der Waals surface area (Å²) in [4.78, 5) is 45.1. The minimum absolute atomic E-state index is 0.0595. The van der Waals surface area contributed by atoms with Crippen LogP contribution in [0.4, 0.5) is 23.7 Å². The number of amides is 3. The molecule has 2 aromatic carbocycles. The van der Waals surface area contributed by atoms with Crippen LogP contribution in [0.5, 0.6) is 0 Å². The second-order valence-corrected chi connectivity index (χ2v) is 12.7.